The Kier molecular flexibility index (Phi) is 3.17. The Bertz CT molecular complexity index is 2320. The summed E-state index contributed by atoms with van der Waals surface area (Å²) in [5.41, 5.74) is 6.13. The molecule has 4 heterocycles. The van der Waals surface area contributed by atoms with Crippen molar-refractivity contribution in [2.24, 2.45) is 0 Å². The summed E-state index contributed by atoms with van der Waals surface area (Å²) in [6.07, 6.45) is 0. The van der Waals surface area contributed by atoms with E-state index in [1.165, 1.54) is 36.5 Å². The Hall–Kier alpha value is -4.41. The van der Waals surface area contributed by atoms with Gasteiger partial charge in [0.2, 0.25) is 0 Å². The van der Waals surface area contributed by atoms with Gasteiger partial charge < -0.3 is 4.42 Å². The van der Waals surface area contributed by atoms with Crippen LogP contribution in [0.4, 0.5) is 0 Å². The molecule has 35 heavy (non-hydrogen) atoms. The van der Waals surface area contributed by atoms with Crippen LogP contribution in [-0.4, -0.2) is 9.38 Å². The van der Waals surface area contributed by atoms with Crippen molar-refractivity contribution in [3.05, 3.63) is 97.1 Å². The molecule has 9 aromatic rings. The minimum Gasteiger partial charge on any atom is -0.456 e. The van der Waals surface area contributed by atoms with Gasteiger partial charge in [0.1, 0.15) is 16.8 Å². The van der Waals surface area contributed by atoms with Gasteiger partial charge in [0.25, 0.3) is 0 Å². The molecule has 0 amide bonds. The van der Waals surface area contributed by atoms with Crippen LogP contribution in [0.5, 0.6) is 0 Å². The Morgan fingerprint density at radius 3 is 2.37 bits per heavy atom. The first-order valence-corrected chi connectivity index (χ1v) is 12.5. The molecular formula is C31H16N2OS. The van der Waals surface area contributed by atoms with Crippen molar-refractivity contribution in [2.45, 2.75) is 0 Å². The second-order valence-electron chi connectivity index (χ2n) is 9.18. The summed E-state index contributed by atoms with van der Waals surface area (Å²) >= 11 is 1.85. The van der Waals surface area contributed by atoms with E-state index in [0.29, 0.717) is 0 Å². The number of hydrogen-bond acceptors (Lipinski definition) is 3. The molecule has 0 aliphatic carbocycles. The number of thiophene rings is 1. The zero-order chi connectivity index (χ0) is 22.7. The van der Waals surface area contributed by atoms with Gasteiger partial charge in [-0.05, 0) is 48.5 Å². The maximum atomic E-state index is 6.30. The third kappa shape index (κ3) is 2.18. The van der Waals surface area contributed by atoms with Crippen molar-refractivity contribution in [2.75, 3.05) is 0 Å². The lowest BCUT2D eigenvalue weighted by Crippen LogP contribution is -1.92. The number of para-hydroxylation sites is 3. The number of imidazole rings is 1. The van der Waals surface area contributed by atoms with Gasteiger partial charge in [-0.2, -0.15) is 0 Å². The van der Waals surface area contributed by atoms with Gasteiger partial charge in [-0.15, -0.1) is 11.3 Å². The van der Waals surface area contributed by atoms with E-state index in [4.69, 9.17) is 9.40 Å². The first-order valence-electron chi connectivity index (χ1n) is 11.7. The first-order chi connectivity index (χ1) is 17.3. The summed E-state index contributed by atoms with van der Waals surface area (Å²) in [6.45, 7) is 0. The largest absolute Gasteiger partial charge is 0.456 e. The van der Waals surface area contributed by atoms with Crippen LogP contribution in [0.2, 0.25) is 0 Å². The minimum absolute atomic E-state index is 0.913. The molecule has 0 bridgehead atoms. The van der Waals surface area contributed by atoms with Crippen LogP contribution in [0.25, 0.3) is 80.5 Å². The molecule has 0 unspecified atom stereocenters. The maximum absolute atomic E-state index is 6.30. The van der Waals surface area contributed by atoms with Crippen LogP contribution in [0.15, 0.2) is 101 Å². The van der Waals surface area contributed by atoms with E-state index >= 15 is 0 Å². The van der Waals surface area contributed by atoms with Crippen LogP contribution in [0.3, 0.4) is 0 Å². The molecule has 5 aromatic carbocycles. The van der Waals surface area contributed by atoms with Crippen molar-refractivity contribution < 1.29 is 4.42 Å². The van der Waals surface area contributed by atoms with E-state index < -0.39 is 0 Å². The quantitative estimate of drug-likeness (QED) is 0.210. The number of furan rings is 1. The van der Waals surface area contributed by atoms with Crippen LogP contribution in [0, 0.1) is 0 Å². The number of pyridine rings is 1. The Morgan fingerprint density at radius 2 is 1.40 bits per heavy atom. The van der Waals surface area contributed by atoms with Crippen LogP contribution >= 0.6 is 11.3 Å². The van der Waals surface area contributed by atoms with Crippen molar-refractivity contribution in [3.63, 3.8) is 0 Å². The zero-order valence-corrected chi connectivity index (χ0v) is 19.3. The molecule has 4 aromatic heterocycles. The fourth-order valence-electron chi connectivity index (χ4n) is 5.88. The van der Waals surface area contributed by atoms with Gasteiger partial charge in [-0.1, -0.05) is 48.5 Å². The van der Waals surface area contributed by atoms with Gasteiger partial charge in [0.05, 0.1) is 16.6 Å². The Morgan fingerprint density at radius 1 is 0.571 bits per heavy atom. The molecule has 0 saturated heterocycles. The van der Waals surface area contributed by atoms with Crippen molar-refractivity contribution in [3.8, 4) is 0 Å². The maximum Gasteiger partial charge on any atom is 0.146 e. The van der Waals surface area contributed by atoms with Gasteiger partial charge in [0, 0.05) is 47.1 Å². The summed E-state index contributed by atoms with van der Waals surface area (Å²) in [5.74, 6) is 0. The molecule has 0 spiro atoms. The lowest BCUT2D eigenvalue weighted by atomic mass is 9.98. The van der Waals surface area contributed by atoms with Gasteiger partial charge in [0.15, 0.2) is 0 Å². The summed E-state index contributed by atoms with van der Waals surface area (Å²) in [7, 11) is 0. The van der Waals surface area contributed by atoms with E-state index in [0.717, 1.165) is 44.0 Å². The second-order valence-corrected chi connectivity index (χ2v) is 10.3. The van der Waals surface area contributed by atoms with E-state index in [1.54, 1.807) is 0 Å². The highest BCUT2D eigenvalue weighted by molar-refractivity contribution is 7.25. The van der Waals surface area contributed by atoms with Crippen LogP contribution in [0.1, 0.15) is 0 Å². The van der Waals surface area contributed by atoms with Gasteiger partial charge in [-0.3, -0.25) is 4.40 Å². The molecule has 0 N–H and O–H groups in total. The summed E-state index contributed by atoms with van der Waals surface area (Å²) < 4.78 is 11.2. The molecule has 0 aliphatic rings. The smallest absolute Gasteiger partial charge is 0.146 e. The third-order valence-corrected chi connectivity index (χ3v) is 8.48. The Labute approximate surface area is 202 Å². The topological polar surface area (TPSA) is 30.4 Å². The second kappa shape index (κ2) is 6.17. The zero-order valence-electron chi connectivity index (χ0n) is 18.4. The summed E-state index contributed by atoms with van der Waals surface area (Å²) in [5, 5.41) is 8.50. The fraction of sp³-hybridized carbons (Fsp3) is 0. The SMILES string of the molecule is c1ccc2c(c1)nc1c3ccc4oc5ccccc5c4c3c3cc4c(cc3n21)sc1ccccc14. The number of hydrogen-bond donors (Lipinski definition) is 0. The van der Waals surface area contributed by atoms with E-state index in [2.05, 4.69) is 95.4 Å². The van der Waals surface area contributed by atoms with E-state index in [1.807, 2.05) is 17.4 Å². The lowest BCUT2D eigenvalue weighted by molar-refractivity contribution is 0.669. The monoisotopic (exact) mass is 464 g/mol. The third-order valence-electron chi connectivity index (χ3n) is 7.35. The molecule has 0 saturated carbocycles. The number of rotatable bonds is 0. The molecule has 0 atom stereocenters. The predicted octanol–water partition coefficient (Wildman–Crippen LogP) is 9.06. The molecule has 162 valence electrons. The molecule has 0 fully saturated rings. The van der Waals surface area contributed by atoms with Gasteiger partial charge in [-0.25, -0.2) is 4.98 Å². The number of nitrogens with zero attached hydrogens (tertiary/aromatic N) is 2. The molecule has 4 heteroatoms. The average Bonchev–Trinajstić information content (AvgIpc) is 3.58. The minimum atomic E-state index is 0.913. The molecule has 9 rings (SSSR count). The normalized spacial score (nSPS) is 12.6. The van der Waals surface area contributed by atoms with Crippen molar-refractivity contribution in [1.29, 1.82) is 0 Å². The molecule has 0 aliphatic heterocycles. The summed E-state index contributed by atoms with van der Waals surface area (Å²) in [4.78, 5) is 5.12. The van der Waals surface area contributed by atoms with E-state index in [9.17, 15) is 0 Å². The number of fused-ring (bicyclic) bond motifs is 15. The molecule has 0 radical (unpaired) electrons. The molecule has 3 nitrogen and oxygen atoms in total. The molecular weight excluding hydrogens is 448 g/mol. The number of benzene rings is 5. The lowest BCUT2D eigenvalue weighted by Gasteiger charge is -2.11. The van der Waals surface area contributed by atoms with Crippen LogP contribution < -0.4 is 0 Å². The van der Waals surface area contributed by atoms with Crippen LogP contribution in [-0.2, 0) is 0 Å². The highest BCUT2D eigenvalue weighted by Crippen LogP contribution is 2.44. The predicted molar refractivity (Wildman–Crippen MR) is 148 cm³/mol. The standard InChI is InChI=1S/C31H16N2OS/c1-5-11-25-18(8-1)30-26(34-25)14-13-19-29(30)21-15-20-17-7-2-6-12-27(17)35-28(20)16-24(21)33-23-10-4-3-9-22(23)32-31(19)33/h1-16H. The Balaban J connectivity index is 1.67. The highest BCUT2D eigenvalue weighted by atomic mass is 32.1. The first kappa shape index (κ1) is 18.0. The van der Waals surface area contributed by atoms with Crippen molar-refractivity contribution >= 4 is 91.8 Å². The fourth-order valence-corrected chi connectivity index (χ4v) is 7.00. The summed E-state index contributed by atoms with van der Waals surface area (Å²) in [6, 6.07) is 34.5. The van der Waals surface area contributed by atoms with Crippen molar-refractivity contribution in [1.82, 2.24) is 9.38 Å². The van der Waals surface area contributed by atoms with E-state index in [-0.39, 0.29) is 0 Å². The average molecular weight is 465 g/mol. The number of aromatic nitrogens is 2. The van der Waals surface area contributed by atoms with Gasteiger partial charge >= 0.3 is 0 Å². The highest BCUT2D eigenvalue weighted by Gasteiger charge is 2.20.